The number of terminal acetylenes is 1. The van der Waals surface area contributed by atoms with E-state index in [1.165, 1.54) is 0 Å². The van der Waals surface area contributed by atoms with Gasteiger partial charge >= 0.3 is 24.8 Å². The molecule has 28 valence electrons. The van der Waals surface area contributed by atoms with Gasteiger partial charge in [-0.1, -0.05) is 0 Å². The van der Waals surface area contributed by atoms with Gasteiger partial charge < -0.3 is 6.54 Å². The number of hydrogen-bond donors (Lipinski definition) is 1. The first-order chi connectivity index (χ1) is 2.81. The van der Waals surface area contributed by atoms with Gasteiger partial charge in [0.15, 0.2) is 0 Å². The molecule has 0 amide bonds. The molecule has 0 radical (unpaired) electrons. The Kier molecular flexibility index (Phi) is 4.34. The first-order valence-corrected chi connectivity index (χ1v) is 0.947. The van der Waals surface area contributed by atoms with Crippen LogP contribution in [0, 0.1) is 12.3 Å². The van der Waals surface area contributed by atoms with Gasteiger partial charge in [0, 0.05) is 5.92 Å². The summed E-state index contributed by atoms with van der Waals surface area (Å²) in [5.74, 6) is 0.603. The summed E-state index contributed by atoms with van der Waals surface area (Å²) >= 11 is 0. The van der Waals surface area contributed by atoms with E-state index in [1.54, 1.807) is 5.92 Å². The van der Waals surface area contributed by atoms with E-state index in [-0.39, 0.29) is 20.3 Å². The molecular weight excluding hydrogens is 75.0 g/mol. The number of aliphatic carboxylic acids is 1. The number of hydrogen-bond acceptors (Lipinski definition) is 2. The fourth-order valence-corrected chi connectivity index (χ4v) is 0. The molecule has 0 aromatic heterocycles. The van der Waals surface area contributed by atoms with Gasteiger partial charge in [-0.25, -0.2) is 4.79 Å². The molecule has 0 aliphatic rings. The second-order valence-electron chi connectivity index (χ2n) is 0.432. The minimum atomic E-state index is -0.963. The topological polar surface area (TPSA) is 37.3 Å². The maximum atomic E-state index is 9.53. The average molecular weight is 79.0 g/mol. The summed E-state index contributed by atoms with van der Waals surface area (Å²) in [5, 5.41) is 3.27. The van der Waals surface area contributed by atoms with Gasteiger partial charge in [0.2, 0.25) is 0 Å². The van der Waals surface area contributed by atoms with Crippen molar-refractivity contribution >= 4 is 5.97 Å². The summed E-state index contributed by atoms with van der Waals surface area (Å²) in [4.78, 5) is 9.53. The first-order valence-electron chi connectivity index (χ1n) is 1.36. The van der Waals surface area contributed by atoms with Crippen LogP contribution in [0.3, 0.4) is 0 Å². The Hall–Kier alpha value is -0.373. The average Bonchev–Trinajstić information content (AvgIpc) is 1.65. The molecule has 1 N–H and O–H groups in total. The maximum absolute atomic E-state index is 9.53. The van der Waals surface area contributed by atoms with Gasteiger partial charge in [0.1, 0.15) is 0 Å². The maximum Gasteiger partial charge on any atom is 1.00 e. The van der Waals surface area contributed by atoms with Crippen LogP contribution in [0.25, 0.3) is 1.43 Å². The molecule has 6 heavy (non-hydrogen) atoms. The summed E-state index contributed by atoms with van der Waals surface area (Å²) in [6.07, 6.45) is 4.44. The molecule has 2 nitrogen and oxygen atoms in total. The van der Waals surface area contributed by atoms with Crippen molar-refractivity contribution in [1.29, 1.82) is 1.43 Å². The van der Waals surface area contributed by atoms with Crippen molar-refractivity contribution in [1.82, 2.24) is 0 Å². The predicted molar refractivity (Wildman–Crippen MR) is 17.6 cm³/mol. The molecule has 3 heteroatoms. The summed E-state index contributed by atoms with van der Waals surface area (Å²) < 4.78 is 5.82. The Labute approximate surface area is 50.7 Å². The summed E-state index contributed by atoms with van der Waals surface area (Å²) in [6.45, 7) is 0. The van der Waals surface area contributed by atoms with E-state index in [9.17, 15) is 4.79 Å². The Morgan fingerprint density at radius 1 is 2.33 bits per heavy atom. The molecule has 0 rings (SSSR count). The molecule has 0 aromatic rings. The fraction of sp³-hybridized carbons (Fsp3) is 0. The minimum absolute atomic E-state index is 0. The number of carbonyl (C=O) groups is 1. The Morgan fingerprint density at radius 2 is 2.83 bits per heavy atom. The third kappa shape index (κ3) is 9.45. The minimum Gasteiger partial charge on any atom is -1.00 e. The zero-order chi connectivity index (χ0) is 4.99. The van der Waals surface area contributed by atoms with E-state index >= 15 is 0 Å². The van der Waals surface area contributed by atoms with E-state index in [4.69, 9.17) is 1.43 Å². The normalized spacial score (nSPS) is 6.17. The Morgan fingerprint density at radius 3 is 2.83 bits per heavy atom. The van der Waals surface area contributed by atoms with Crippen LogP contribution in [0.15, 0.2) is 0 Å². The van der Waals surface area contributed by atoms with E-state index < -0.39 is 5.97 Å². The van der Waals surface area contributed by atoms with Gasteiger partial charge in [0.05, 0.1) is 0 Å². The molecule has 0 unspecified atom stereocenters. The summed E-state index contributed by atoms with van der Waals surface area (Å²) in [5.41, 5.74) is 0. The van der Waals surface area contributed by atoms with Crippen LogP contribution in [0.5, 0.6) is 0 Å². The fourth-order valence-electron chi connectivity index (χ4n) is 0. The zero-order valence-electron chi connectivity index (χ0n) is 5.39. The zero-order valence-corrected chi connectivity index (χ0v) is 3.39. The summed E-state index contributed by atoms with van der Waals surface area (Å²) in [6, 6.07) is 0. The predicted octanol–water partition coefficient (Wildman–Crippen LogP) is -3.18. The quantitative estimate of drug-likeness (QED) is 0.245. The van der Waals surface area contributed by atoms with E-state index in [1.807, 2.05) is 0 Å². The van der Waals surface area contributed by atoms with E-state index in [0.717, 1.165) is 0 Å². The standard InChI is InChI=1S/C3H2O2.Li.H/c1-2-3(4)5;;/h1H,(H,4,5);;/q;+1;-1/i/hD. The molecule has 0 aliphatic carbocycles. The van der Waals surface area contributed by atoms with Crippen LogP contribution in [-0.4, -0.2) is 11.1 Å². The van der Waals surface area contributed by atoms with Crippen LogP contribution in [0.2, 0.25) is 0 Å². The third-order valence-corrected chi connectivity index (χ3v) is 0.118. The van der Waals surface area contributed by atoms with Crippen molar-refractivity contribution in [2.24, 2.45) is 0 Å². The molecular formula is C3H3LiO2. The molecule has 0 heterocycles. The number of carboxylic acids is 1. The molecule has 0 bridgehead atoms. The molecule has 0 saturated carbocycles. The van der Waals surface area contributed by atoms with Crippen LogP contribution < -0.4 is 18.9 Å². The van der Waals surface area contributed by atoms with Crippen molar-refractivity contribution in [2.45, 2.75) is 0 Å². The van der Waals surface area contributed by atoms with Crippen LogP contribution in [-0.2, 0) is 4.79 Å². The smallest absolute Gasteiger partial charge is 1.00 e. The van der Waals surface area contributed by atoms with Crippen molar-refractivity contribution in [3.8, 4) is 12.3 Å². The molecule has 0 atom stereocenters. The molecule has 0 saturated heterocycles. The largest absolute Gasteiger partial charge is 1.00 e. The third-order valence-electron chi connectivity index (χ3n) is 0.118. The monoisotopic (exact) mass is 79.0 g/mol. The van der Waals surface area contributed by atoms with Crippen molar-refractivity contribution in [2.75, 3.05) is 0 Å². The molecule has 0 aliphatic heterocycles. The van der Waals surface area contributed by atoms with Gasteiger partial charge in [0.25, 0.3) is 1.43 Å². The molecule has 0 aromatic carbocycles. The van der Waals surface area contributed by atoms with Crippen LogP contribution >= 0.6 is 0 Å². The number of rotatable bonds is 0. The first kappa shape index (κ1) is 5.63. The van der Waals surface area contributed by atoms with Gasteiger partial charge in [-0.15, -0.1) is 6.42 Å². The Bertz CT molecular complexity index is 97.9. The molecule has 0 spiro atoms. The van der Waals surface area contributed by atoms with Gasteiger partial charge in [-0.3, -0.25) is 0 Å². The van der Waals surface area contributed by atoms with Crippen molar-refractivity contribution in [3.63, 3.8) is 0 Å². The van der Waals surface area contributed by atoms with Gasteiger partial charge in [-0.2, -0.15) is 0 Å². The summed E-state index contributed by atoms with van der Waals surface area (Å²) in [7, 11) is 0. The van der Waals surface area contributed by atoms with Crippen molar-refractivity contribution < 1.29 is 30.2 Å². The molecule has 0 fully saturated rings. The van der Waals surface area contributed by atoms with Crippen molar-refractivity contribution in [3.05, 3.63) is 0 Å². The van der Waals surface area contributed by atoms with Crippen LogP contribution in [0.1, 0.15) is 1.43 Å². The van der Waals surface area contributed by atoms with E-state index in [2.05, 4.69) is 11.5 Å². The van der Waals surface area contributed by atoms with Crippen LogP contribution in [0.4, 0.5) is 0 Å². The Balaban J connectivity index is -0.000000125. The second kappa shape index (κ2) is 4.63. The van der Waals surface area contributed by atoms with E-state index in [0.29, 0.717) is 0 Å². The SMILES string of the molecule is [2H]OC(=O)C#C.[H-].[Li+]. The van der Waals surface area contributed by atoms with Gasteiger partial charge in [-0.05, 0) is 0 Å². The second-order valence-corrected chi connectivity index (χ2v) is 0.432. The number of carboxylic acid groups (broad SMARTS) is 1.